The molecule has 0 aliphatic carbocycles. The minimum absolute atomic E-state index is 0.0919. The first-order valence-corrected chi connectivity index (χ1v) is 4.36. The molecule has 3 N–H and O–H groups in total. The first kappa shape index (κ1) is 9.32. The highest BCUT2D eigenvalue weighted by Gasteiger charge is 2.02. The highest BCUT2D eigenvalue weighted by atomic mass is 15.3. The van der Waals surface area contributed by atoms with Crippen molar-refractivity contribution in [3.63, 3.8) is 0 Å². The lowest BCUT2D eigenvalue weighted by Gasteiger charge is -2.00. The molecular formula is C9H10N6. The van der Waals surface area contributed by atoms with E-state index in [1.54, 1.807) is 10.9 Å². The molecule has 0 aliphatic heterocycles. The quantitative estimate of drug-likeness (QED) is 0.539. The van der Waals surface area contributed by atoms with E-state index in [2.05, 4.69) is 15.1 Å². The molecule has 0 saturated heterocycles. The van der Waals surface area contributed by atoms with Crippen LogP contribution in [0.1, 0.15) is 11.4 Å². The third-order valence-electron chi connectivity index (χ3n) is 1.87. The standard InChI is InChI=1S/C9H10N6/c1-6-2-3-15(14-6)8-5-12-7(4-13-8)9(10)11/h2-5H,1H3,(H3,10,11). The molecule has 2 aromatic rings. The van der Waals surface area contributed by atoms with Crippen molar-refractivity contribution in [1.82, 2.24) is 19.7 Å². The van der Waals surface area contributed by atoms with Gasteiger partial charge in [0.05, 0.1) is 18.1 Å². The highest BCUT2D eigenvalue weighted by molar-refractivity contribution is 5.92. The molecule has 6 heteroatoms. The number of nitrogens with zero attached hydrogens (tertiary/aromatic N) is 4. The largest absolute Gasteiger partial charge is 0.382 e. The van der Waals surface area contributed by atoms with Crippen LogP contribution in [0.4, 0.5) is 0 Å². The number of rotatable bonds is 2. The van der Waals surface area contributed by atoms with Gasteiger partial charge in [-0.25, -0.2) is 14.6 Å². The maximum Gasteiger partial charge on any atom is 0.171 e. The molecule has 0 aliphatic rings. The molecule has 0 spiro atoms. The van der Waals surface area contributed by atoms with Gasteiger partial charge in [0.2, 0.25) is 0 Å². The van der Waals surface area contributed by atoms with E-state index in [9.17, 15) is 0 Å². The van der Waals surface area contributed by atoms with Crippen molar-refractivity contribution in [3.05, 3.63) is 36.0 Å². The number of nitrogen functional groups attached to an aromatic ring is 1. The zero-order chi connectivity index (χ0) is 10.8. The number of hydrogen-bond acceptors (Lipinski definition) is 4. The molecule has 2 rings (SSSR count). The van der Waals surface area contributed by atoms with Gasteiger partial charge in [0.25, 0.3) is 0 Å². The normalized spacial score (nSPS) is 10.2. The molecule has 2 aromatic heterocycles. The monoisotopic (exact) mass is 202 g/mol. The lowest BCUT2D eigenvalue weighted by Crippen LogP contribution is -2.14. The smallest absolute Gasteiger partial charge is 0.171 e. The second-order valence-corrected chi connectivity index (χ2v) is 3.08. The maximum atomic E-state index is 7.17. The Balaban J connectivity index is 2.35. The second-order valence-electron chi connectivity index (χ2n) is 3.08. The molecule has 0 atom stereocenters. The Morgan fingerprint density at radius 2 is 2.20 bits per heavy atom. The topological polar surface area (TPSA) is 93.5 Å². The summed E-state index contributed by atoms with van der Waals surface area (Å²) in [4.78, 5) is 8.09. The van der Waals surface area contributed by atoms with E-state index in [0.717, 1.165) is 5.69 Å². The average Bonchev–Trinajstić information content (AvgIpc) is 2.65. The van der Waals surface area contributed by atoms with Crippen LogP contribution in [-0.4, -0.2) is 25.6 Å². The average molecular weight is 202 g/mol. The van der Waals surface area contributed by atoms with Crippen LogP contribution in [-0.2, 0) is 0 Å². The summed E-state index contributed by atoms with van der Waals surface area (Å²) in [5.74, 6) is 0.513. The Labute approximate surface area is 86.3 Å². The van der Waals surface area contributed by atoms with Crippen molar-refractivity contribution >= 4 is 5.84 Å². The summed E-state index contributed by atoms with van der Waals surface area (Å²) in [5, 5.41) is 11.4. The van der Waals surface area contributed by atoms with E-state index in [4.69, 9.17) is 11.1 Å². The predicted molar refractivity (Wildman–Crippen MR) is 54.9 cm³/mol. The molecule has 0 unspecified atom stereocenters. The summed E-state index contributed by atoms with van der Waals surface area (Å²) in [5.41, 5.74) is 6.54. The summed E-state index contributed by atoms with van der Waals surface area (Å²) < 4.78 is 1.62. The third kappa shape index (κ3) is 1.83. The lowest BCUT2D eigenvalue weighted by atomic mass is 10.4. The molecule has 0 radical (unpaired) electrons. The van der Waals surface area contributed by atoms with Crippen LogP contribution in [0.15, 0.2) is 24.7 Å². The molecule has 15 heavy (non-hydrogen) atoms. The van der Waals surface area contributed by atoms with Crippen molar-refractivity contribution in [1.29, 1.82) is 5.41 Å². The van der Waals surface area contributed by atoms with Gasteiger partial charge < -0.3 is 5.73 Å². The molecule has 0 fully saturated rings. The lowest BCUT2D eigenvalue weighted by molar-refractivity contribution is 0.823. The van der Waals surface area contributed by atoms with Gasteiger partial charge in [-0.2, -0.15) is 5.10 Å². The van der Waals surface area contributed by atoms with Crippen molar-refractivity contribution in [3.8, 4) is 5.82 Å². The van der Waals surface area contributed by atoms with Crippen LogP contribution >= 0.6 is 0 Å². The summed E-state index contributed by atoms with van der Waals surface area (Å²) in [6.45, 7) is 1.90. The Morgan fingerprint density at radius 3 is 2.67 bits per heavy atom. The van der Waals surface area contributed by atoms with Crippen LogP contribution in [0, 0.1) is 12.3 Å². The van der Waals surface area contributed by atoms with Gasteiger partial charge in [0.1, 0.15) is 11.5 Å². The van der Waals surface area contributed by atoms with E-state index in [0.29, 0.717) is 11.5 Å². The van der Waals surface area contributed by atoms with Gasteiger partial charge in [0.15, 0.2) is 5.82 Å². The van der Waals surface area contributed by atoms with Crippen molar-refractivity contribution in [2.24, 2.45) is 5.73 Å². The molecular weight excluding hydrogens is 192 g/mol. The molecule has 2 heterocycles. The van der Waals surface area contributed by atoms with Crippen LogP contribution in [0.3, 0.4) is 0 Å². The third-order valence-corrected chi connectivity index (χ3v) is 1.87. The van der Waals surface area contributed by atoms with Gasteiger partial charge in [-0.05, 0) is 13.0 Å². The highest BCUT2D eigenvalue weighted by Crippen LogP contribution is 2.02. The summed E-state index contributed by atoms with van der Waals surface area (Å²) >= 11 is 0. The summed E-state index contributed by atoms with van der Waals surface area (Å²) in [6, 6.07) is 1.88. The molecule has 0 saturated carbocycles. The van der Waals surface area contributed by atoms with E-state index < -0.39 is 0 Å². The Bertz CT molecular complexity index is 484. The summed E-state index contributed by atoms with van der Waals surface area (Å²) in [7, 11) is 0. The minimum atomic E-state index is -0.0919. The van der Waals surface area contributed by atoms with Crippen molar-refractivity contribution < 1.29 is 0 Å². The van der Waals surface area contributed by atoms with Gasteiger partial charge in [-0.3, -0.25) is 5.41 Å². The van der Waals surface area contributed by atoms with Gasteiger partial charge in [-0.15, -0.1) is 0 Å². The Morgan fingerprint density at radius 1 is 1.40 bits per heavy atom. The van der Waals surface area contributed by atoms with Crippen molar-refractivity contribution in [2.45, 2.75) is 6.92 Å². The zero-order valence-corrected chi connectivity index (χ0v) is 8.18. The SMILES string of the molecule is Cc1ccn(-c2cnc(C(=N)N)cn2)n1. The first-order chi connectivity index (χ1) is 7.16. The number of amidine groups is 1. The van der Waals surface area contributed by atoms with Crippen LogP contribution in [0.2, 0.25) is 0 Å². The fourth-order valence-electron chi connectivity index (χ4n) is 1.12. The van der Waals surface area contributed by atoms with Crippen LogP contribution in [0.5, 0.6) is 0 Å². The van der Waals surface area contributed by atoms with E-state index >= 15 is 0 Å². The second kappa shape index (κ2) is 3.49. The maximum absolute atomic E-state index is 7.17. The predicted octanol–water partition coefficient (Wildman–Crippen LogP) is 0.255. The fraction of sp³-hybridized carbons (Fsp3) is 0.111. The Kier molecular flexibility index (Phi) is 2.17. The molecule has 0 aromatic carbocycles. The minimum Gasteiger partial charge on any atom is -0.382 e. The number of hydrogen-bond donors (Lipinski definition) is 2. The number of aromatic nitrogens is 4. The van der Waals surface area contributed by atoms with Crippen LogP contribution in [0.25, 0.3) is 5.82 Å². The van der Waals surface area contributed by atoms with Gasteiger partial charge >= 0.3 is 0 Å². The number of nitrogens with one attached hydrogen (secondary N) is 1. The number of aryl methyl sites for hydroxylation is 1. The fourth-order valence-corrected chi connectivity index (χ4v) is 1.12. The van der Waals surface area contributed by atoms with E-state index in [1.165, 1.54) is 12.4 Å². The molecule has 76 valence electrons. The van der Waals surface area contributed by atoms with Gasteiger partial charge in [-0.1, -0.05) is 0 Å². The van der Waals surface area contributed by atoms with Crippen LogP contribution < -0.4 is 5.73 Å². The Hall–Kier alpha value is -2.24. The number of nitrogens with two attached hydrogens (primary N) is 1. The first-order valence-electron chi connectivity index (χ1n) is 4.36. The van der Waals surface area contributed by atoms with Gasteiger partial charge in [0, 0.05) is 6.20 Å². The molecule has 6 nitrogen and oxygen atoms in total. The van der Waals surface area contributed by atoms with Crippen molar-refractivity contribution in [2.75, 3.05) is 0 Å². The van der Waals surface area contributed by atoms with E-state index in [1.807, 2.05) is 13.0 Å². The summed E-state index contributed by atoms with van der Waals surface area (Å²) in [6.07, 6.45) is 4.78. The zero-order valence-electron chi connectivity index (χ0n) is 8.18. The van der Waals surface area contributed by atoms with E-state index in [-0.39, 0.29) is 5.84 Å². The molecule has 0 amide bonds. The molecule has 0 bridgehead atoms.